The van der Waals surface area contributed by atoms with Crippen LogP contribution in [0.4, 0.5) is 0 Å². The van der Waals surface area contributed by atoms with Crippen LogP contribution in [0.5, 0.6) is 0 Å². The van der Waals surface area contributed by atoms with Crippen molar-refractivity contribution >= 4 is 41.4 Å². The first-order valence-corrected chi connectivity index (χ1v) is 9.75. The Bertz CT molecular complexity index is 575. The molecule has 0 saturated carbocycles. The fourth-order valence-corrected chi connectivity index (χ4v) is 2.42. The van der Waals surface area contributed by atoms with Crippen LogP contribution >= 0.6 is 11.8 Å². The van der Waals surface area contributed by atoms with Gasteiger partial charge in [0.05, 0.1) is 19.2 Å². The summed E-state index contributed by atoms with van der Waals surface area (Å²) >= 11 is 1.50. The Labute approximate surface area is 166 Å². The van der Waals surface area contributed by atoms with Gasteiger partial charge in [0.25, 0.3) is 0 Å². The van der Waals surface area contributed by atoms with E-state index in [0.29, 0.717) is 12.2 Å². The summed E-state index contributed by atoms with van der Waals surface area (Å²) < 4.78 is 0. The lowest BCUT2D eigenvalue weighted by Gasteiger charge is -2.20. The van der Waals surface area contributed by atoms with Gasteiger partial charge in [-0.15, -0.1) is 0 Å². The molecular formula is C15H27N5O7S. The first-order chi connectivity index (χ1) is 13.1. The van der Waals surface area contributed by atoms with Crippen molar-refractivity contribution in [2.75, 3.05) is 25.2 Å². The molecular weight excluding hydrogens is 394 g/mol. The number of carboxylic acid groups (broad SMARTS) is 1. The fourth-order valence-electron chi connectivity index (χ4n) is 1.93. The van der Waals surface area contributed by atoms with Crippen LogP contribution in [-0.2, 0) is 24.0 Å². The van der Waals surface area contributed by atoms with Gasteiger partial charge in [-0.2, -0.15) is 11.8 Å². The molecule has 0 aromatic carbocycles. The molecule has 0 rings (SSSR count). The fraction of sp³-hybridized carbons (Fsp3) is 0.667. The Kier molecular flexibility index (Phi) is 12.6. The van der Waals surface area contributed by atoms with E-state index >= 15 is 0 Å². The van der Waals surface area contributed by atoms with Gasteiger partial charge in [0, 0.05) is 6.42 Å². The van der Waals surface area contributed by atoms with E-state index in [2.05, 4.69) is 10.6 Å². The largest absolute Gasteiger partial charge is 0.480 e. The molecule has 0 bridgehead atoms. The standard InChI is InChI=1S/C15H27N5O7S/c1-28-5-4-8(16)13(24)20-9(2-3-11(17)22)14(25)18-6-12(23)19-10(7-21)15(26)27/h8-10,21H,2-7,16H2,1H3,(H2,17,22)(H,18,25)(H,19,23)(H,20,24)(H,26,27). The predicted octanol–water partition coefficient (Wildman–Crippen LogP) is -3.50. The zero-order valence-electron chi connectivity index (χ0n) is 15.5. The molecule has 0 saturated heterocycles. The second kappa shape index (κ2) is 13.7. The van der Waals surface area contributed by atoms with Gasteiger partial charge >= 0.3 is 5.97 Å². The molecule has 0 fully saturated rings. The lowest BCUT2D eigenvalue weighted by molar-refractivity contribution is -0.142. The van der Waals surface area contributed by atoms with Gasteiger partial charge in [-0.05, 0) is 24.9 Å². The molecule has 0 radical (unpaired) electrons. The average Bonchev–Trinajstić information content (AvgIpc) is 2.64. The average molecular weight is 421 g/mol. The van der Waals surface area contributed by atoms with E-state index in [0.717, 1.165) is 0 Å². The van der Waals surface area contributed by atoms with Crippen molar-refractivity contribution in [3.8, 4) is 0 Å². The van der Waals surface area contributed by atoms with E-state index in [-0.39, 0.29) is 12.8 Å². The SMILES string of the molecule is CSCCC(N)C(=O)NC(CCC(N)=O)C(=O)NCC(=O)NC(CO)C(=O)O. The van der Waals surface area contributed by atoms with E-state index in [1.54, 1.807) is 0 Å². The summed E-state index contributed by atoms with van der Waals surface area (Å²) in [5, 5.41) is 24.3. The minimum Gasteiger partial charge on any atom is -0.480 e. The van der Waals surface area contributed by atoms with Crippen LogP contribution in [0.3, 0.4) is 0 Å². The third-order valence-corrected chi connectivity index (χ3v) is 4.17. The molecule has 0 heterocycles. The molecule has 3 unspecified atom stereocenters. The first kappa shape index (κ1) is 25.6. The number of aliphatic hydroxyl groups is 1. The molecule has 0 aromatic heterocycles. The number of thioether (sulfide) groups is 1. The number of nitrogens with two attached hydrogens (primary N) is 2. The first-order valence-electron chi connectivity index (χ1n) is 8.36. The Hall–Kier alpha value is -2.38. The minimum atomic E-state index is -1.51. The molecule has 0 spiro atoms. The van der Waals surface area contributed by atoms with Crippen LogP contribution in [0.2, 0.25) is 0 Å². The lowest BCUT2D eigenvalue weighted by atomic mass is 10.1. The summed E-state index contributed by atoms with van der Waals surface area (Å²) in [5.41, 5.74) is 10.8. The van der Waals surface area contributed by atoms with Crippen molar-refractivity contribution in [3.05, 3.63) is 0 Å². The number of carbonyl (C=O) groups excluding carboxylic acids is 4. The monoisotopic (exact) mass is 421 g/mol. The third-order valence-electron chi connectivity index (χ3n) is 3.52. The van der Waals surface area contributed by atoms with Crippen molar-refractivity contribution in [2.24, 2.45) is 11.5 Å². The van der Waals surface area contributed by atoms with Crippen molar-refractivity contribution in [1.29, 1.82) is 0 Å². The third kappa shape index (κ3) is 10.7. The maximum atomic E-state index is 12.3. The van der Waals surface area contributed by atoms with Gasteiger partial charge in [-0.1, -0.05) is 0 Å². The van der Waals surface area contributed by atoms with Crippen LogP contribution in [0.25, 0.3) is 0 Å². The molecule has 3 atom stereocenters. The molecule has 4 amide bonds. The Morgan fingerprint density at radius 2 is 1.68 bits per heavy atom. The zero-order valence-corrected chi connectivity index (χ0v) is 16.3. The molecule has 160 valence electrons. The zero-order chi connectivity index (χ0) is 21.7. The normalized spacial score (nSPS) is 13.7. The molecule has 0 aliphatic heterocycles. The van der Waals surface area contributed by atoms with Gasteiger partial charge in [-0.25, -0.2) is 4.79 Å². The maximum absolute atomic E-state index is 12.3. The number of rotatable bonds is 14. The smallest absolute Gasteiger partial charge is 0.328 e. The summed E-state index contributed by atoms with van der Waals surface area (Å²) in [5.74, 6) is -3.68. The van der Waals surface area contributed by atoms with E-state index in [9.17, 15) is 24.0 Å². The number of primary amides is 1. The van der Waals surface area contributed by atoms with Crippen LogP contribution in [0.15, 0.2) is 0 Å². The van der Waals surface area contributed by atoms with E-state index < -0.39 is 60.9 Å². The summed E-state index contributed by atoms with van der Waals surface area (Å²) in [6, 6.07) is -3.51. The van der Waals surface area contributed by atoms with Crippen molar-refractivity contribution < 1.29 is 34.2 Å². The van der Waals surface area contributed by atoms with Crippen LogP contribution < -0.4 is 27.4 Å². The number of carbonyl (C=O) groups is 5. The minimum absolute atomic E-state index is 0.0990. The number of amides is 4. The molecule has 9 N–H and O–H groups in total. The summed E-state index contributed by atoms with van der Waals surface area (Å²) in [6.07, 6.45) is 1.95. The number of hydrogen-bond donors (Lipinski definition) is 7. The van der Waals surface area contributed by atoms with Gasteiger partial charge in [0.1, 0.15) is 12.1 Å². The van der Waals surface area contributed by atoms with Crippen molar-refractivity contribution in [3.63, 3.8) is 0 Å². The number of aliphatic hydroxyl groups excluding tert-OH is 1. The highest BCUT2D eigenvalue weighted by atomic mass is 32.2. The molecule has 28 heavy (non-hydrogen) atoms. The molecule has 12 nitrogen and oxygen atoms in total. The predicted molar refractivity (Wildman–Crippen MR) is 101 cm³/mol. The highest BCUT2D eigenvalue weighted by Crippen LogP contribution is 2.02. The van der Waals surface area contributed by atoms with Crippen LogP contribution in [0.1, 0.15) is 19.3 Å². The van der Waals surface area contributed by atoms with Gasteiger partial charge < -0.3 is 37.6 Å². The van der Waals surface area contributed by atoms with E-state index in [1.165, 1.54) is 11.8 Å². The van der Waals surface area contributed by atoms with Crippen LogP contribution in [0, 0.1) is 0 Å². The highest BCUT2D eigenvalue weighted by molar-refractivity contribution is 7.98. The Morgan fingerprint density at radius 1 is 1.04 bits per heavy atom. The highest BCUT2D eigenvalue weighted by Gasteiger charge is 2.25. The molecule has 13 heteroatoms. The van der Waals surface area contributed by atoms with Gasteiger partial charge in [0.2, 0.25) is 23.6 Å². The lowest BCUT2D eigenvalue weighted by Crippen LogP contribution is -2.54. The van der Waals surface area contributed by atoms with Gasteiger partial charge in [-0.3, -0.25) is 19.2 Å². The number of nitrogens with one attached hydrogen (secondary N) is 3. The molecule has 0 aliphatic rings. The number of hydrogen-bond acceptors (Lipinski definition) is 8. The number of aliphatic carboxylic acids is 1. The quantitative estimate of drug-likeness (QED) is 0.148. The topological polar surface area (TPSA) is 214 Å². The maximum Gasteiger partial charge on any atom is 0.328 e. The Balaban J connectivity index is 4.79. The molecule has 0 aromatic rings. The van der Waals surface area contributed by atoms with E-state index in [1.807, 2.05) is 11.6 Å². The van der Waals surface area contributed by atoms with Crippen molar-refractivity contribution in [1.82, 2.24) is 16.0 Å². The summed E-state index contributed by atoms with van der Waals surface area (Å²) in [7, 11) is 0. The molecule has 0 aliphatic carbocycles. The van der Waals surface area contributed by atoms with Gasteiger partial charge in [0.15, 0.2) is 0 Å². The summed E-state index contributed by atoms with van der Waals surface area (Å²) in [6.45, 7) is -1.41. The summed E-state index contributed by atoms with van der Waals surface area (Å²) in [4.78, 5) is 57.8. The van der Waals surface area contributed by atoms with E-state index in [4.69, 9.17) is 21.7 Å². The number of carboxylic acids is 1. The second-order valence-corrected chi connectivity index (χ2v) is 6.80. The van der Waals surface area contributed by atoms with Crippen molar-refractivity contribution in [2.45, 2.75) is 37.4 Å². The second-order valence-electron chi connectivity index (χ2n) is 5.81. The Morgan fingerprint density at radius 3 is 2.18 bits per heavy atom. The van der Waals surface area contributed by atoms with Crippen LogP contribution in [-0.4, -0.2) is 83.1 Å².